The number of benzene rings is 2. The highest BCUT2D eigenvalue weighted by Gasteiger charge is 2.36. The third-order valence-electron chi connectivity index (χ3n) is 5.37. The van der Waals surface area contributed by atoms with Gasteiger partial charge in [-0.25, -0.2) is 14.4 Å². The number of amides is 1. The maximum atomic E-state index is 14.7. The molecule has 0 atom stereocenters. The minimum absolute atomic E-state index is 0.0151. The minimum Gasteiger partial charge on any atom is -0.466 e. The Hall–Kier alpha value is -4.67. The molecule has 0 unspecified atom stereocenters. The SMILES string of the molecule is CCOC(=O)Cc1cc(-c2cccc(NC(=O)c3cc(-c4ncccn4)c(C(F)(F)F)cc3F)c2)ccn1. The summed E-state index contributed by atoms with van der Waals surface area (Å²) in [6.45, 7) is 1.95. The number of nitrogens with one attached hydrogen (secondary N) is 1. The number of pyridine rings is 1. The lowest BCUT2D eigenvalue weighted by Crippen LogP contribution is -2.17. The van der Waals surface area contributed by atoms with Crippen LogP contribution in [0.5, 0.6) is 0 Å². The molecule has 0 spiro atoms. The van der Waals surface area contributed by atoms with Crippen LogP contribution in [-0.4, -0.2) is 33.4 Å². The Morgan fingerprint density at radius 2 is 1.66 bits per heavy atom. The Morgan fingerprint density at radius 3 is 2.37 bits per heavy atom. The van der Waals surface area contributed by atoms with Crippen LogP contribution in [0.4, 0.5) is 23.2 Å². The van der Waals surface area contributed by atoms with Crippen molar-refractivity contribution in [2.45, 2.75) is 19.5 Å². The van der Waals surface area contributed by atoms with Crippen molar-refractivity contribution >= 4 is 17.6 Å². The van der Waals surface area contributed by atoms with Crippen LogP contribution in [0, 0.1) is 5.82 Å². The maximum Gasteiger partial charge on any atom is 0.417 e. The van der Waals surface area contributed by atoms with Crippen molar-refractivity contribution in [1.82, 2.24) is 15.0 Å². The number of alkyl halides is 3. The van der Waals surface area contributed by atoms with E-state index in [-0.39, 0.29) is 30.6 Å². The lowest BCUT2D eigenvalue weighted by Gasteiger charge is -2.15. The standard InChI is InChI=1S/C27H20F4N4O3/c1-2-38-24(36)13-19-12-17(7-10-32-19)16-5-3-6-18(11-16)35-26(37)21-14-20(25-33-8-4-9-34-25)22(15-23(21)28)27(29,30)31/h3-12,14-15H,2,13H2,1H3,(H,35,37). The number of hydrogen-bond donors (Lipinski definition) is 1. The van der Waals surface area contributed by atoms with Crippen LogP contribution in [0.3, 0.4) is 0 Å². The fraction of sp³-hybridized carbons (Fsp3) is 0.148. The summed E-state index contributed by atoms with van der Waals surface area (Å²) < 4.78 is 60.4. The Labute approximate surface area is 214 Å². The van der Waals surface area contributed by atoms with Crippen LogP contribution >= 0.6 is 0 Å². The van der Waals surface area contributed by atoms with Crippen molar-refractivity contribution in [2.75, 3.05) is 11.9 Å². The van der Waals surface area contributed by atoms with Crippen LogP contribution in [0.15, 0.2) is 73.2 Å². The zero-order chi connectivity index (χ0) is 27.3. The predicted octanol–water partition coefficient (Wildman–Crippen LogP) is 5.72. The number of carbonyl (C=O) groups excluding carboxylic acids is 2. The molecule has 2 aromatic heterocycles. The van der Waals surface area contributed by atoms with E-state index in [4.69, 9.17) is 4.74 Å². The van der Waals surface area contributed by atoms with Gasteiger partial charge in [-0.1, -0.05) is 12.1 Å². The number of esters is 1. The lowest BCUT2D eigenvalue weighted by molar-refractivity contribution is -0.142. The van der Waals surface area contributed by atoms with Gasteiger partial charge in [0.1, 0.15) is 5.82 Å². The van der Waals surface area contributed by atoms with Gasteiger partial charge in [-0.2, -0.15) is 13.2 Å². The van der Waals surface area contributed by atoms with Gasteiger partial charge in [0.15, 0.2) is 5.82 Å². The van der Waals surface area contributed by atoms with Gasteiger partial charge >= 0.3 is 12.1 Å². The molecule has 7 nitrogen and oxygen atoms in total. The van der Waals surface area contributed by atoms with Crippen LogP contribution in [0.25, 0.3) is 22.5 Å². The second-order valence-electron chi connectivity index (χ2n) is 8.00. The molecule has 0 aliphatic carbocycles. The molecule has 2 heterocycles. The smallest absolute Gasteiger partial charge is 0.417 e. The largest absolute Gasteiger partial charge is 0.466 e. The summed E-state index contributed by atoms with van der Waals surface area (Å²) in [5, 5.41) is 2.52. The monoisotopic (exact) mass is 524 g/mol. The van der Waals surface area contributed by atoms with E-state index in [1.807, 2.05) is 0 Å². The average Bonchev–Trinajstić information content (AvgIpc) is 2.89. The first-order chi connectivity index (χ1) is 18.2. The number of hydrogen-bond acceptors (Lipinski definition) is 6. The Kier molecular flexibility index (Phi) is 7.75. The van der Waals surface area contributed by atoms with Gasteiger partial charge in [0.05, 0.1) is 29.8 Å². The maximum absolute atomic E-state index is 14.7. The minimum atomic E-state index is -4.89. The Bertz CT molecular complexity index is 1480. The fourth-order valence-corrected chi connectivity index (χ4v) is 3.69. The van der Waals surface area contributed by atoms with Gasteiger partial charge in [0.2, 0.25) is 0 Å². The third kappa shape index (κ3) is 6.17. The molecule has 38 heavy (non-hydrogen) atoms. The van der Waals surface area contributed by atoms with Gasteiger partial charge in [-0.15, -0.1) is 0 Å². The van der Waals surface area contributed by atoms with Crippen molar-refractivity contribution in [2.24, 2.45) is 0 Å². The van der Waals surface area contributed by atoms with Crippen LogP contribution in [0.1, 0.15) is 28.5 Å². The fourth-order valence-electron chi connectivity index (χ4n) is 3.69. The van der Waals surface area contributed by atoms with Crippen molar-refractivity contribution in [3.63, 3.8) is 0 Å². The lowest BCUT2D eigenvalue weighted by atomic mass is 10.0. The summed E-state index contributed by atoms with van der Waals surface area (Å²) in [7, 11) is 0. The van der Waals surface area contributed by atoms with Gasteiger partial charge in [-0.05, 0) is 60.5 Å². The van der Waals surface area contributed by atoms with Crippen molar-refractivity contribution in [3.8, 4) is 22.5 Å². The van der Waals surface area contributed by atoms with E-state index in [1.54, 1.807) is 43.3 Å². The molecule has 11 heteroatoms. The highest BCUT2D eigenvalue weighted by atomic mass is 19.4. The van der Waals surface area contributed by atoms with E-state index in [9.17, 15) is 27.2 Å². The summed E-state index contributed by atoms with van der Waals surface area (Å²) in [6, 6.07) is 12.4. The summed E-state index contributed by atoms with van der Waals surface area (Å²) in [5.74, 6) is -3.02. The van der Waals surface area contributed by atoms with E-state index in [2.05, 4.69) is 20.3 Å². The molecule has 1 N–H and O–H groups in total. The normalized spacial score (nSPS) is 11.2. The molecular formula is C27H20F4N4O3. The number of halogens is 4. The summed E-state index contributed by atoms with van der Waals surface area (Å²) >= 11 is 0. The van der Waals surface area contributed by atoms with E-state index in [1.165, 1.54) is 24.7 Å². The van der Waals surface area contributed by atoms with Gasteiger partial charge in [-0.3, -0.25) is 14.6 Å². The second-order valence-corrected chi connectivity index (χ2v) is 8.00. The van der Waals surface area contributed by atoms with Crippen LogP contribution in [0.2, 0.25) is 0 Å². The van der Waals surface area contributed by atoms with Crippen molar-refractivity contribution < 1.29 is 31.9 Å². The number of nitrogens with zero attached hydrogens (tertiary/aromatic N) is 3. The third-order valence-corrected chi connectivity index (χ3v) is 5.37. The quantitative estimate of drug-likeness (QED) is 0.246. The number of rotatable bonds is 7. The molecule has 0 aliphatic rings. The number of ether oxygens (including phenoxy) is 1. The van der Waals surface area contributed by atoms with Crippen molar-refractivity contribution in [3.05, 3.63) is 95.8 Å². The molecule has 0 saturated heterocycles. The first-order valence-electron chi connectivity index (χ1n) is 11.4. The van der Waals surface area contributed by atoms with Crippen LogP contribution < -0.4 is 5.32 Å². The van der Waals surface area contributed by atoms with Gasteiger partial charge < -0.3 is 10.1 Å². The molecule has 4 rings (SSSR count). The van der Waals surface area contributed by atoms with Crippen LogP contribution in [-0.2, 0) is 22.1 Å². The Balaban J connectivity index is 1.62. The molecule has 4 aromatic rings. The summed E-state index contributed by atoms with van der Waals surface area (Å²) in [4.78, 5) is 36.5. The molecule has 194 valence electrons. The van der Waals surface area contributed by atoms with E-state index >= 15 is 0 Å². The highest BCUT2D eigenvalue weighted by molar-refractivity contribution is 6.05. The van der Waals surface area contributed by atoms with E-state index in [0.717, 1.165) is 6.07 Å². The molecule has 2 aromatic carbocycles. The zero-order valence-electron chi connectivity index (χ0n) is 19.9. The molecule has 0 fully saturated rings. The first-order valence-corrected chi connectivity index (χ1v) is 11.4. The topological polar surface area (TPSA) is 94.1 Å². The second kappa shape index (κ2) is 11.2. The average molecular weight is 524 g/mol. The van der Waals surface area contributed by atoms with E-state index in [0.29, 0.717) is 16.8 Å². The molecular weight excluding hydrogens is 504 g/mol. The number of anilines is 1. The van der Waals surface area contributed by atoms with Gasteiger partial charge in [0.25, 0.3) is 5.91 Å². The first kappa shape index (κ1) is 26.4. The number of aromatic nitrogens is 3. The molecule has 0 saturated carbocycles. The van der Waals surface area contributed by atoms with Gasteiger partial charge in [0, 0.05) is 29.8 Å². The highest BCUT2D eigenvalue weighted by Crippen LogP contribution is 2.37. The molecule has 0 bridgehead atoms. The van der Waals surface area contributed by atoms with E-state index < -0.39 is 40.6 Å². The zero-order valence-corrected chi connectivity index (χ0v) is 19.9. The van der Waals surface area contributed by atoms with Crippen molar-refractivity contribution in [1.29, 1.82) is 0 Å². The summed E-state index contributed by atoms with van der Waals surface area (Å²) in [6.07, 6.45) is -0.892. The number of carbonyl (C=O) groups is 2. The molecule has 1 amide bonds. The molecule has 0 radical (unpaired) electrons. The predicted molar refractivity (Wildman–Crippen MR) is 130 cm³/mol. The molecule has 0 aliphatic heterocycles. The summed E-state index contributed by atoms with van der Waals surface area (Å²) in [5.41, 5.74) is -0.320. The Morgan fingerprint density at radius 1 is 0.921 bits per heavy atom.